The summed E-state index contributed by atoms with van der Waals surface area (Å²) < 4.78 is 5.29. The molecule has 108 valence electrons. The molecule has 3 nitrogen and oxygen atoms in total. The fraction of sp³-hybridized carbons (Fsp3) is 0.471. The lowest BCUT2D eigenvalue weighted by Crippen LogP contribution is -2.46. The van der Waals surface area contributed by atoms with Crippen molar-refractivity contribution in [3.05, 3.63) is 35.9 Å². The van der Waals surface area contributed by atoms with Gasteiger partial charge in [-0.15, -0.1) is 0 Å². The van der Waals surface area contributed by atoms with Gasteiger partial charge >= 0.3 is 0 Å². The van der Waals surface area contributed by atoms with Gasteiger partial charge in [0.2, 0.25) is 5.91 Å². The monoisotopic (exact) mass is 273 g/mol. The van der Waals surface area contributed by atoms with Gasteiger partial charge in [-0.25, -0.2) is 0 Å². The maximum absolute atomic E-state index is 12.4. The largest absolute Gasteiger partial charge is 0.496 e. The lowest BCUT2D eigenvalue weighted by molar-refractivity contribution is -0.131. The predicted molar refractivity (Wildman–Crippen MR) is 81.6 cm³/mol. The van der Waals surface area contributed by atoms with E-state index in [1.165, 1.54) is 6.42 Å². The van der Waals surface area contributed by atoms with E-state index in [1.807, 2.05) is 35.2 Å². The van der Waals surface area contributed by atoms with E-state index in [0.29, 0.717) is 12.1 Å². The molecule has 0 N–H and O–H groups in total. The highest BCUT2D eigenvalue weighted by Gasteiger charge is 2.27. The summed E-state index contributed by atoms with van der Waals surface area (Å²) in [4.78, 5) is 14.4. The average molecular weight is 273 g/mol. The van der Waals surface area contributed by atoms with Gasteiger partial charge in [-0.2, -0.15) is 0 Å². The molecule has 0 bridgehead atoms. The van der Waals surface area contributed by atoms with Crippen LogP contribution in [-0.2, 0) is 4.79 Å². The van der Waals surface area contributed by atoms with E-state index in [4.69, 9.17) is 4.74 Å². The average Bonchev–Trinajstić information content (AvgIpc) is 2.45. The fourth-order valence-corrected chi connectivity index (χ4v) is 2.91. The maximum Gasteiger partial charge on any atom is 0.247 e. The molecule has 1 aliphatic heterocycles. The van der Waals surface area contributed by atoms with Crippen LogP contribution in [0.1, 0.15) is 38.7 Å². The minimum absolute atomic E-state index is 0.0932. The molecule has 1 aromatic carbocycles. The van der Waals surface area contributed by atoms with Crippen LogP contribution < -0.4 is 4.74 Å². The third-order valence-corrected chi connectivity index (χ3v) is 3.99. The molecule has 1 aromatic rings. The summed E-state index contributed by atoms with van der Waals surface area (Å²) in [7, 11) is 1.64. The molecule has 0 spiro atoms. The van der Waals surface area contributed by atoms with Gasteiger partial charge in [0.1, 0.15) is 5.75 Å². The molecule has 1 amide bonds. The fourth-order valence-electron chi connectivity index (χ4n) is 2.91. The summed E-state index contributed by atoms with van der Waals surface area (Å²) >= 11 is 0. The van der Waals surface area contributed by atoms with Crippen molar-refractivity contribution in [2.45, 2.75) is 45.2 Å². The smallest absolute Gasteiger partial charge is 0.247 e. The standard InChI is InChI=1S/C17H23NO2/c1-13-7-6-8-14(2)18(13)17(19)12-11-15-9-4-5-10-16(15)20-3/h4-5,9-14H,6-8H2,1-3H3/b12-11+. The van der Waals surface area contributed by atoms with Gasteiger partial charge in [0, 0.05) is 23.7 Å². The molecule has 1 aliphatic rings. The minimum Gasteiger partial charge on any atom is -0.496 e. The van der Waals surface area contributed by atoms with Crippen LogP contribution in [-0.4, -0.2) is 30.0 Å². The zero-order valence-electron chi connectivity index (χ0n) is 12.5. The molecule has 0 radical (unpaired) electrons. The van der Waals surface area contributed by atoms with E-state index in [2.05, 4.69) is 13.8 Å². The van der Waals surface area contributed by atoms with Crippen LogP contribution in [0.3, 0.4) is 0 Å². The molecule has 2 unspecified atom stereocenters. The van der Waals surface area contributed by atoms with Gasteiger partial charge in [-0.3, -0.25) is 4.79 Å². The zero-order valence-corrected chi connectivity index (χ0v) is 12.5. The van der Waals surface area contributed by atoms with Gasteiger partial charge < -0.3 is 9.64 Å². The van der Waals surface area contributed by atoms with E-state index in [-0.39, 0.29) is 5.91 Å². The number of carbonyl (C=O) groups excluding carboxylic acids is 1. The Hall–Kier alpha value is -1.77. The van der Waals surface area contributed by atoms with E-state index in [0.717, 1.165) is 24.2 Å². The first-order chi connectivity index (χ1) is 9.63. The van der Waals surface area contributed by atoms with Gasteiger partial charge in [-0.1, -0.05) is 18.2 Å². The third-order valence-electron chi connectivity index (χ3n) is 3.99. The van der Waals surface area contributed by atoms with Crippen LogP contribution in [0.15, 0.2) is 30.3 Å². The first-order valence-corrected chi connectivity index (χ1v) is 7.27. The van der Waals surface area contributed by atoms with Crippen molar-refractivity contribution in [3.63, 3.8) is 0 Å². The third kappa shape index (κ3) is 3.21. The quantitative estimate of drug-likeness (QED) is 0.789. The number of benzene rings is 1. The summed E-state index contributed by atoms with van der Waals surface area (Å²) in [6.07, 6.45) is 6.91. The lowest BCUT2D eigenvalue weighted by Gasteiger charge is -2.38. The highest BCUT2D eigenvalue weighted by Crippen LogP contribution is 2.24. The first kappa shape index (κ1) is 14.6. The number of para-hydroxylation sites is 1. The number of nitrogens with zero attached hydrogens (tertiary/aromatic N) is 1. The molecule has 0 saturated carbocycles. The predicted octanol–water partition coefficient (Wildman–Crippen LogP) is 3.50. The van der Waals surface area contributed by atoms with Crippen molar-refractivity contribution >= 4 is 12.0 Å². The molecule has 0 aromatic heterocycles. The second-order valence-electron chi connectivity index (χ2n) is 5.45. The lowest BCUT2D eigenvalue weighted by atomic mass is 9.97. The number of hydrogen-bond acceptors (Lipinski definition) is 2. The topological polar surface area (TPSA) is 29.5 Å². The molecule has 1 heterocycles. The number of carbonyl (C=O) groups is 1. The summed E-state index contributed by atoms with van der Waals surface area (Å²) in [6.45, 7) is 4.26. The Morgan fingerprint density at radius 3 is 2.55 bits per heavy atom. The van der Waals surface area contributed by atoms with E-state index in [1.54, 1.807) is 13.2 Å². The van der Waals surface area contributed by atoms with Crippen LogP contribution in [0.5, 0.6) is 5.75 Å². The van der Waals surface area contributed by atoms with Crippen molar-refractivity contribution in [1.29, 1.82) is 0 Å². The molecule has 1 fully saturated rings. The highest BCUT2D eigenvalue weighted by molar-refractivity contribution is 5.92. The van der Waals surface area contributed by atoms with Crippen molar-refractivity contribution in [2.24, 2.45) is 0 Å². The molecule has 2 atom stereocenters. The van der Waals surface area contributed by atoms with Crippen LogP contribution in [0, 0.1) is 0 Å². The zero-order chi connectivity index (χ0) is 14.5. The van der Waals surface area contributed by atoms with E-state index >= 15 is 0 Å². The van der Waals surface area contributed by atoms with Crippen LogP contribution in [0.4, 0.5) is 0 Å². The molecular formula is C17H23NO2. The highest BCUT2D eigenvalue weighted by atomic mass is 16.5. The Labute approximate surface area is 121 Å². The van der Waals surface area contributed by atoms with Gasteiger partial charge in [0.25, 0.3) is 0 Å². The number of rotatable bonds is 3. The Morgan fingerprint density at radius 1 is 1.25 bits per heavy atom. The summed E-state index contributed by atoms with van der Waals surface area (Å²) in [5.74, 6) is 0.881. The van der Waals surface area contributed by atoms with Crippen molar-refractivity contribution in [1.82, 2.24) is 4.90 Å². The van der Waals surface area contributed by atoms with Gasteiger partial charge in [0.15, 0.2) is 0 Å². The molecule has 3 heteroatoms. The maximum atomic E-state index is 12.4. The van der Waals surface area contributed by atoms with E-state index in [9.17, 15) is 4.79 Å². The Kier molecular flexibility index (Phi) is 4.83. The van der Waals surface area contributed by atoms with Crippen LogP contribution in [0.25, 0.3) is 6.08 Å². The van der Waals surface area contributed by atoms with Crippen molar-refractivity contribution in [2.75, 3.05) is 7.11 Å². The Balaban J connectivity index is 2.12. The first-order valence-electron chi connectivity index (χ1n) is 7.27. The SMILES string of the molecule is COc1ccccc1/C=C/C(=O)N1C(C)CCCC1C. The second kappa shape index (κ2) is 6.60. The van der Waals surface area contributed by atoms with E-state index < -0.39 is 0 Å². The normalized spacial score (nSPS) is 23.1. The molecule has 2 rings (SSSR count). The number of ether oxygens (including phenoxy) is 1. The summed E-state index contributed by atoms with van der Waals surface area (Å²) in [5, 5.41) is 0. The molecular weight excluding hydrogens is 250 g/mol. The number of piperidine rings is 1. The van der Waals surface area contributed by atoms with Crippen molar-refractivity contribution < 1.29 is 9.53 Å². The summed E-state index contributed by atoms with van der Waals surface area (Å²) in [6, 6.07) is 8.37. The summed E-state index contributed by atoms with van der Waals surface area (Å²) in [5.41, 5.74) is 0.931. The van der Waals surface area contributed by atoms with Crippen LogP contribution in [0.2, 0.25) is 0 Å². The Morgan fingerprint density at radius 2 is 1.90 bits per heavy atom. The Bertz CT molecular complexity index is 486. The van der Waals surface area contributed by atoms with Gasteiger partial charge in [-0.05, 0) is 45.3 Å². The molecule has 20 heavy (non-hydrogen) atoms. The minimum atomic E-state index is 0.0932. The number of hydrogen-bond donors (Lipinski definition) is 0. The number of amides is 1. The second-order valence-corrected chi connectivity index (χ2v) is 5.45. The van der Waals surface area contributed by atoms with Crippen LogP contribution >= 0.6 is 0 Å². The number of likely N-dealkylation sites (tertiary alicyclic amines) is 1. The number of methoxy groups -OCH3 is 1. The molecule has 0 aliphatic carbocycles. The van der Waals surface area contributed by atoms with Crippen molar-refractivity contribution in [3.8, 4) is 5.75 Å². The van der Waals surface area contributed by atoms with Gasteiger partial charge in [0.05, 0.1) is 7.11 Å². The molecule has 1 saturated heterocycles.